The van der Waals surface area contributed by atoms with Gasteiger partial charge in [0.2, 0.25) is 5.91 Å². The van der Waals surface area contributed by atoms with E-state index in [1.165, 1.54) is 11.3 Å². The molecule has 0 spiro atoms. The molecule has 2 rings (SSSR count). The van der Waals surface area contributed by atoms with Gasteiger partial charge in [-0.05, 0) is 43.7 Å². The Kier molecular flexibility index (Phi) is 5.05. The molecule has 5 nitrogen and oxygen atoms in total. The SMILES string of the molecule is COc1ccc(C(C)=NNC(=O)Cc2csc(C)n2)cc1. The lowest BCUT2D eigenvalue weighted by Gasteiger charge is -2.04. The molecule has 110 valence electrons. The smallest absolute Gasteiger partial charge is 0.246 e. The molecule has 0 aliphatic carbocycles. The number of amides is 1. The number of carbonyl (C=O) groups is 1. The minimum absolute atomic E-state index is 0.173. The average Bonchev–Trinajstić information content (AvgIpc) is 2.90. The summed E-state index contributed by atoms with van der Waals surface area (Å²) in [5, 5.41) is 6.94. The van der Waals surface area contributed by atoms with Gasteiger partial charge in [0.25, 0.3) is 0 Å². The number of rotatable bonds is 5. The van der Waals surface area contributed by atoms with Crippen LogP contribution in [0.2, 0.25) is 0 Å². The highest BCUT2D eigenvalue weighted by atomic mass is 32.1. The van der Waals surface area contributed by atoms with E-state index in [1.54, 1.807) is 7.11 Å². The van der Waals surface area contributed by atoms with E-state index in [0.29, 0.717) is 0 Å². The standard InChI is InChI=1S/C15H17N3O2S/c1-10(12-4-6-14(20-3)7-5-12)17-18-15(19)8-13-9-21-11(2)16-13/h4-7,9H,8H2,1-3H3,(H,18,19). The largest absolute Gasteiger partial charge is 0.497 e. The van der Waals surface area contributed by atoms with Crippen LogP contribution in [0, 0.1) is 6.92 Å². The normalized spacial score (nSPS) is 11.3. The first-order valence-electron chi connectivity index (χ1n) is 6.47. The summed E-state index contributed by atoms with van der Waals surface area (Å²) in [6.07, 6.45) is 0.240. The Hall–Kier alpha value is -2.21. The minimum Gasteiger partial charge on any atom is -0.497 e. The molecule has 0 fully saturated rings. The Morgan fingerprint density at radius 3 is 2.67 bits per heavy atom. The van der Waals surface area contributed by atoms with E-state index in [4.69, 9.17) is 4.74 Å². The average molecular weight is 303 g/mol. The highest BCUT2D eigenvalue weighted by molar-refractivity contribution is 7.09. The third-order valence-corrected chi connectivity index (χ3v) is 3.69. The van der Waals surface area contributed by atoms with Crippen LogP contribution in [0.4, 0.5) is 0 Å². The van der Waals surface area contributed by atoms with Gasteiger partial charge in [-0.2, -0.15) is 5.10 Å². The summed E-state index contributed by atoms with van der Waals surface area (Å²) in [4.78, 5) is 16.0. The van der Waals surface area contributed by atoms with Gasteiger partial charge in [0.05, 0.1) is 29.9 Å². The van der Waals surface area contributed by atoms with Gasteiger partial charge in [-0.1, -0.05) is 0 Å². The predicted octanol–water partition coefficient (Wildman–Crippen LogP) is 2.54. The van der Waals surface area contributed by atoms with Crippen LogP contribution in [0.1, 0.15) is 23.2 Å². The van der Waals surface area contributed by atoms with E-state index >= 15 is 0 Å². The number of methoxy groups -OCH3 is 1. The second kappa shape index (κ2) is 6.99. The van der Waals surface area contributed by atoms with E-state index in [0.717, 1.165) is 27.7 Å². The van der Waals surface area contributed by atoms with Crippen LogP contribution < -0.4 is 10.2 Å². The molecule has 0 bridgehead atoms. The second-order valence-corrected chi connectivity index (χ2v) is 5.56. The van der Waals surface area contributed by atoms with Gasteiger partial charge in [-0.15, -0.1) is 11.3 Å². The fourth-order valence-electron chi connectivity index (χ4n) is 1.74. The first-order chi connectivity index (χ1) is 10.1. The number of thiazole rings is 1. The van der Waals surface area contributed by atoms with E-state index in [-0.39, 0.29) is 12.3 Å². The number of hydrogen-bond donors (Lipinski definition) is 1. The summed E-state index contributed by atoms with van der Waals surface area (Å²) in [7, 11) is 1.62. The lowest BCUT2D eigenvalue weighted by molar-refractivity contribution is -0.120. The molecule has 1 aromatic carbocycles. The molecule has 0 unspecified atom stereocenters. The quantitative estimate of drug-likeness (QED) is 0.682. The number of aromatic nitrogens is 1. The summed E-state index contributed by atoms with van der Waals surface area (Å²) in [6.45, 7) is 3.76. The van der Waals surface area contributed by atoms with E-state index in [1.807, 2.05) is 43.5 Å². The van der Waals surface area contributed by atoms with Gasteiger partial charge in [0, 0.05) is 5.38 Å². The molecule has 1 N–H and O–H groups in total. The number of nitrogens with zero attached hydrogens (tertiary/aromatic N) is 2. The van der Waals surface area contributed by atoms with Crippen molar-refractivity contribution in [2.45, 2.75) is 20.3 Å². The van der Waals surface area contributed by atoms with Gasteiger partial charge in [-0.25, -0.2) is 10.4 Å². The second-order valence-electron chi connectivity index (χ2n) is 4.50. The van der Waals surface area contributed by atoms with Crippen molar-refractivity contribution < 1.29 is 9.53 Å². The number of ether oxygens (including phenoxy) is 1. The highest BCUT2D eigenvalue weighted by Crippen LogP contribution is 2.12. The molecule has 1 amide bonds. The van der Waals surface area contributed by atoms with Crippen LogP contribution in [0.25, 0.3) is 0 Å². The highest BCUT2D eigenvalue weighted by Gasteiger charge is 2.06. The van der Waals surface area contributed by atoms with Crippen molar-refractivity contribution in [2.24, 2.45) is 5.10 Å². The summed E-state index contributed by atoms with van der Waals surface area (Å²) in [5.41, 5.74) is 4.99. The molecule has 2 aromatic rings. The molecule has 6 heteroatoms. The number of hydrazone groups is 1. The number of nitrogens with one attached hydrogen (secondary N) is 1. The predicted molar refractivity (Wildman–Crippen MR) is 83.9 cm³/mol. The summed E-state index contributed by atoms with van der Waals surface area (Å²) < 4.78 is 5.10. The van der Waals surface area contributed by atoms with Crippen LogP contribution in [0.5, 0.6) is 5.75 Å². The van der Waals surface area contributed by atoms with Gasteiger partial charge < -0.3 is 4.74 Å². The molecular weight excluding hydrogens is 286 g/mol. The lowest BCUT2D eigenvalue weighted by Crippen LogP contribution is -2.21. The number of hydrogen-bond acceptors (Lipinski definition) is 5. The zero-order chi connectivity index (χ0) is 15.2. The molecule has 0 aliphatic rings. The van der Waals surface area contributed by atoms with Crippen LogP contribution >= 0.6 is 11.3 Å². The number of carbonyl (C=O) groups excluding carboxylic acids is 1. The maximum absolute atomic E-state index is 11.8. The van der Waals surface area contributed by atoms with Crippen molar-refractivity contribution in [1.29, 1.82) is 0 Å². The van der Waals surface area contributed by atoms with Crippen molar-refractivity contribution in [3.63, 3.8) is 0 Å². The molecule has 1 aromatic heterocycles. The van der Waals surface area contributed by atoms with Crippen molar-refractivity contribution in [2.75, 3.05) is 7.11 Å². The fourth-order valence-corrected chi connectivity index (χ4v) is 2.35. The zero-order valence-electron chi connectivity index (χ0n) is 12.2. The van der Waals surface area contributed by atoms with Gasteiger partial charge in [0.15, 0.2) is 0 Å². The monoisotopic (exact) mass is 303 g/mol. The fraction of sp³-hybridized carbons (Fsp3) is 0.267. The van der Waals surface area contributed by atoms with Gasteiger partial charge in [-0.3, -0.25) is 4.79 Å². The Balaban J connectivity index is 1.94. The van der Waals surface area contributed by atoms with Crippen molar-refractivity contribution >= 4 is 23.0 Å². The van der Waals surface area contributed by atoms with Gasteiger partial charge >= 0.3 is 0 Å². The molecule has 0 aliphatic heterocycles. The van der Waals surface area contributed by atoms with Crippen molar-refractivity contribution in [1.82, 2.24) is 10.4 Å². The molecule has 0 atom stereocenters. The summed E-state index contributed by atoms with van der Waals surface area (Å²) in [6, 6.07) is 7.50. The van der Waals surface area contributed by atoms with Crippen molar-refractivity contribution in [3.05, 3.63) is 45.9 Å². The van der Waals surface area contributed by atoms with Crippen molar-refractivity contribution in [3.8, 4) is 5.75 Å². The Labute approximate surface area is 127 Å². The van der Waals surface area contributed by atoms with Gasteiger partial charge in [0.1, 0.15) is 5.75 Å². The minimum atomic E-state index is -0.173. The lowest BCUT2D eigenvalue weighted by atomic mass is 10.1. The first kappa shape index (κ1) is 15.2. The molecule has 21 heavy (non-hydrogen) atoms. The number of aryl methyl sites for hydroxylation is 1. The Morgan fingerprint density at radius 2 is 2.10 bits per heavy atom. The van der Waals surface area contributed by atoms with Crippen LogP contribution in [-0.2, 0) is 11.2 Å². The molecule has 0 saturated carbocycles. The maximum Gasteiger partial charge on any atom is 0.246 e. The first-order valence-corrected chi connectivity index (χ1v) is 7.35. The maximum atomic E-state index is 11.8. The zero-order valence-corrected chi connectivity index (χ0v) is 13.0. The topological polar surface area (TPSA) is 63.6 Å². The van der Waals surface area contributed by atoms with Crippen LogP contribution in [0.15, 0.2) is 34.7 Å². The third-order valence-electron chi connectivity index (χ3n) is 2.86. The Morgan fingerprint density at radius 1 is 1.38 bits per heavy atom. The molecule has 0 radical (unpaired) electrons. The molecule has 0 saturated heterocycles. The molecule has 1 heterocycles. The van der Waals surface area contributed by atoms with E-state index < -0.39 is 0 Å². The van der Waals surface area contributed by atoms with Crippen LogP contribution in [-0.4, -0.2) is 23.7 Å². The van der Waals surface area contributed by atoms with Crippen LogP contribution in [0.3, 0.4) is 0 Å². The van der Waals surface area contributed by atoms with E-state index in [9.17, 15) is 4.79 Å². The molecular formula is C15H17N3O2S. The van der Waals surface area contributed by atoms with E-state index in [2.05, 4.69) is 15.5 Å². The Bertz CT molecular complexity index is 647. The number of benzene rings is 1. The summed E-state index contributed by atoms with van der Waals surface area (Å²) >= 11 is 1.53. The summed E-state index contributed by atoms with van der Waals surface area (Å²) in [5.74, 6) is 0.614. The third kappa shape index (κ3) is 4.39.